The lowest BCUT2D eigenvalue weighted by Crippen LogP contribution is -2.17. The number of para-hydroxylation sites is 3. The van der Waals surface area contributed by atoms with Gasteiger partial charge in [-0.3, -0.25) is 0 Å². The quantitative estimate of drug-likeness (QED) is 0.162. The van der Waals surface area contributed by atoms with Crippen molar-refractivity contribution in [1.82, 2.24) is 4.57 Å². The van der Waals surface area contributed by atoms with E-state index in [2.05, 4.69) is 217 Å². The van der Waals surface area contributed by atoms with Gasteiger partial charge in [0.2, 0.25) is 0 Å². The second-order valence-electron chi connectivity index (χ2n) is 15.4. The highest BCUT2D eigenvalue weighted by molar-refractivity contribution is 6.14. The minimum atomic E-state index is -0.196. The first-order chi connectivity index (χ1) is 27.0. The molecule has 11 rings (SSSR count). The Balaban J connectivity index is 1.01. The Morgan fingerprint density at radius 3 is 1.62 bits per heavy atom. The normalized spacial score (nSPS) is 13.1. The van der Waals surface area contributed by atoms with Crippen LogP contribution in [0, 0.1) is 0 Å². The highest BCUT2D eigenvalue weighted by Gasteiger charge is 2.36. The van der Waals surface area contributed by atoms with Crippen molar-refractivity contribution in [3.63, 3.8) is 0 Å². The Morgan fingerprint density at radius 2 is 0.909 bits per heavy atom. The molecule has 9 aromatic carbocycles. The topological polar surface area (TPSA) is 8.17 Å². The molecule has 0 spiro atoms. The third-order valence-electron chi connectivity index (χ3n) is 12.0. The van der Waals surface area contributed by atoms with Gasteiger partial charge in [0, 0.05) is 38.9 Å². The van der Waals surface area contributed by atoms with E-state index in [0.29, 0.717) is 0 Å². The summed E-state index contributed by atoms with van der Waals surface area (Å²) in [6.07, 6.45) is 0. The average molecular weight is 703 g/mol. The number of fused-ring (bicyclic) bond motifs is 9. The van der Waals surface area contributed by atoms with Crippen LogP contribution in [0.25, 0.3) is 71.3 Å². The van der Waals surface area contributed by atoms with Crippen LogP contribution in [0.15, 0.2) is 194 Å². The molecule has 0 aliphatic heterocycles. The number of benzene rings is 9. The SMILES string of the molecule is CC1(C)c2cc(N(c3ccccc3)c3ccc(-c4cc5ccccc5c5ccccc45)cc3)ccc2-c2ccc(-n3c4ccccc4c4ccccc43)cc21. The van der Waals surface area contributed by atoms with Crippen molar-refractivity contribution in [1.29, 1.82) is 0 Å². The number of aromatic nitrogens is 1. The van der Waals surface area contributed by atoms with E-state index in [-0.39, 0.29) is 5.41 Å². The van der Waals surface area contributed by atoms with Gasteiger partial charge in [-0.25, -0.2) is 0 Å². The number of hydrogen-bond acceptors (Lipinski definition) is 1. The Morgan fingerprint density at radius 1 is 0.382 bits per heavy atom. The van der Waals surface area contributed by atoms with Crippen LogP contribution in [-0.2, 0) is 5.41 Å². The second kappa shape index (κ2) is 12.1. The monoisotopic (exact) mass is 702 g/mol. The summed E-state index contributed by atoms with van der Waals surface area (Å²) < 4.78 is 2.43. The summed E-state index contributed by atoms with van der Waals surface area (Å²) >= 11 is 0. The summed E-state index contributed by atoms with van der Waals surface area (Å²) in [7, 11) is 0. The second-order valence-corrected chi connectivity index (χ2v) is 15.4. The zero-order valence-corrected chi connectivity index (χ0v) is 30.9. The Kier molecular flexibility index (Phi) is 6.93. The van der Waals surface area contributed by atoms with Crippen LogP contribution in [0.1, 0.15) is 25.0 Å². The van der Waals surface area contributed by atoms with Crippen molar-refractivity contribution < 1.29 is 0 Å². The fourth-order valence-corrected chi connectivity index (χ4v) is 9.30. The van der Waals surface area contributed by atoms with Gasteiger partial charge in [0.05, 0.1) is 11.0 Å². The summed E-state index contributed by atoms with van der Waals surface area (Å²) in [5.41, 5.74) is 14.7. The maximum atomic E-state index is 2.43. The van der Waals surface area contributed by atoms with E-state index in [1.807, 2.05) is 0 Å². The fraction of sp³-hybridized carbons (Fsp3) is 0.0566. The summed E-state index contributed by atoms with van der Waals surface area (Å²) in [5, 5.41) is 7.68. The Hall–Kier alpha value is -6.90. The molecule has 1 aromatic heterocycles. The molecule has 1 aliphatic carbocycles. The number of rotatable bonds is 5. The lowest BCUT2D eigenvalue weighted by Gasteiger charge is -2.28. The number of nitrogens with zero attached hydrogens (tertiary/aromatic N) is 2. The van der Waals surface area contributed by atoms with Gasteiger partial charge in [-0.15, -0.1) is 0 Å². The highest BCUT2D eigenvalue weighted by atomic mass is 15.1. The molecule has 0 unspecified atom stereocenters. The summed E-state index contributed by atoms with van der Waals surface area (Å²) in [6.45, 7) is 4.76. The van der Waals surface area contributed by atoms with Crippen molar-refractivity contribution in [2.24, 2.45) is 0 Å². The van der Waals surface area contributed by atoms with E-state index in [1.165, 1.54) is 82.4 Å². The first-order valence-electron chi connectivity index (χ1n) is 19.2. The first-order valence-corrected chi connectivity index (χ1v) is 19.2. The van der Waals surface area contributed by atoms with Gasteiger partial charge in [-0.2, -0.15) is 0 Å². The van der Waals surface area contributed by atoms with Gasteiger partial charge in [0.15, 0.2) is 0 Å². The Bertz CT molecular complexity index is 3060. The van der Waals surface area contributed by atoms with Crippen molar-refractivity contribution in [2.45, 2.75) is 19.3 Å². The molecule has 0 radical (unpaired) electrons. The average Bonchev–Trinajstić information content (AvgIpc) is 3.69. The van der Waals surface area contributed by atoms with Crippen molar-refractivity contribution in [3.05, 3.63) is 205 Å². The third-order valence-corrected chi connectivity index (χ3v) is 12.0. The van der Waals surface area contributed by atoms with Gasteiger partial charge in [-0.1, -0.05) is 141 Å². The van der Waals surface area contributed by atoms with Crippen molar-refractivity contribution in [2.75, 3.05) is 4.90 Å². The van der Waals surface area contributed by atoms with Gasteiger partial charge in [0.1, 0.15) is 0 Å². The van der Waals surface area contributed by atoms with Gasteiger partial charge in [-0.05, 0) is 122 Å². The highest BCUT2D eigenvalue weighted by Crippen LogP contribution is 2.51. The van der Waals surface area contributed by atoms with Crippen LogP contribution < -0.4 is 4.90 Å². The first kappa shape index (κ1) is 31.6. The molecule has 10 aromatic rings. The van der Waals surface area contributed by atoms with Crippen LogP contribution >= 0.6 is 0 Å². The molecule has 0 N–H and O–H groups in total. The fourth-order valence-electron chi connectivity index (χ4n) is 9.30. The molecule has 0 saturated carbocycles. The molecule has 260 valence electrons. The van der Waals surface area contributed by atoms with Gasteiger partial charge >= 0.3 is 0 Å². The predicted octanol–water partition coefficient (Wildman–Crippen LogP) is 14.5. The lowest BCUT2D eigenvalue weighted by molar-refractivity contribution is 0.660. The molecule has 1 heterocycles. The third kappa shape index (κ3) is 4.81. The molecule has 2 heteroatoms. The van der Waals surface area contributed by atoms with Crippen LogP contribution in [0.3, 0.4) is 0 Å². The molecule has 2 nitrogen and oxygen atoms in total. The standard InChI is InChI=1S/C53H38N2/c1-53(2)49-33-39(28-30-44(49)45-31-29-40(34-50(45)53)55-51-22-12-10-20-46(51)47-21-11-13-23-52(47)55)54(37-15-4-3-5-16-37)38-26-24-35(25-27-38)48-32-36-14-6-7-17-41(36)42-18-8-9-19-43(42)48/h3-34H,1-2H3. The summed E-state index contributed by atoms with van der Waals surface area (Å²) in [4.78, 5) is 2.39. The zero-order valence-electron chi connectivity index (χ0n) is 30.9. The van der Waals surface area contributed by atoms with Crippen LogP contribution in [0.2, 0.25) is 0 Å². The van der Waals surface area contributed by atoms with E-state index in [1.54, 1.807) is 0 Å². The summed E-state index contributed by atoms with van der Waals surface area (Å²) in [6, 6.07) is 71.3. The van der Waals surface area contributed by atoms with E-state index in [9.17, 15) is 0 Å². The minimum absolute atomic E-state index is 0.196. The van der Waals surface area contributed by atoms with E-state index < -0.39 is 0 Å². The molecule has 1 aliphatic rings. The predicted molar refractivity (Wildman–Crippen MR) is 233 cm³/mol. The maximum absolute atomic E-state index is 2.43. The van der Waals surface area contributed by atoms with Gasteiger partial charge in [0.25, 0.3) is 0 Å². The lowest BCUT2D eigenvalue weighted by atomic mass is 9.82. The van der Waals surface area contributed by atoms with Crippen LogP contribution in [0.5, 0.6) is 0 Å². The van der Waals surface area contributed by atoms with Crippen LogP contribution in [-0.4, -0.2) is 4.57 Å². The summed E-state index contributed by atoms with van der Waals surface area (Å²) in [5.74, 6) is 0. The molecular formula is C53H38N2. The molecule has 0 bridgehead atoms. The van der Waals surface area contributed by atoms with E-state index in [4.69, 9.17) is 0 Å². The van der Waals surface area contributed by atoms with Crippen molar-refractivity contribution in [3.8, 4) is 27.9 Å². The molecular weight excluding hydrogens is 665 g/mol. The maximum Gasteiger partial charge on any atom is 0.0541 e. The molecule has 0 atom stereocenters. The number of anilines is 3. The smallest absolute Gasteiger partial charge is 0.0541 e. The van der Waals surface area contributed by atoms with Crippen LogP contribution in [0.4, 0.5) is 17.1 Å². The molecule has 0 saturated heterocycles. The largest absolute Gasteiger partial charge is 0.310 e. The zero-order chi connectivity index (χ0) is 36.7. The van der Waals surface area contributed by atoms with E-state index >= 15 is 0 Å². The Labute approximate surface area is 321 Å². The van der Waals surface area contributed by atoms with Crippen molar-refractivity contribution >= 4 is 60.4 Å². The van der Waals surface area contributed by atoms with Gasteiger partial charge < -0.3 is 9.47 Å². The van der Waals surface area contributed by atoms with E-state index in [0.717, 1.165) is 17.1 Å². The molecule has 0 fully saturated rings. The number of hydrogen-bond donors (Lipinski definition) is 0. The molecule has 0 amide bonds. The molecule has 55 heavy (non-hydrogen) atoms. The minimum Gasteiger partial charge on any atom is -0.310 e.